The molecule has 0 amide bonds. The zero-order valence-corrected chi connectivity index (χ0v) is 30.8. The number of hydrogen-bond donors (Lipinski definition) is 0. The third-order valence-electron chi connectivity index (χ3n) is 11.4. The van der Waals surface area contributed by atoms with Crippen molar-refractivity contribution in [2.75, 3.05) is 0 Å². The summed E-state index contributed by atoms with van der Waals surface area (Å²) in [5.41, 5.74) is 7.54. The Bertz CT molecular complexity index is 3430. The Kier molecular flexibility index (Phi) is 6.48. The largest absolute Gasteiger partial charge is 0.135 e. The van der Waals surface area contributed by atoms with Gasteiger partial charge in [-0.15, -0.1) is 22.7 Å². The highest BCUT2D eigenvalue weighted by molar-refractivity contribution is 7.28. The van der Waals surface area contributed by atoms with E-state index in [4.69, 9.17) is 0 Å². The Morgan fingerprint density at radius 1 is 0.259 bits per heavy atom. The van der Waals surface area contributed by atoms with Crippen molar-refractivity contribution in [3.8, 4) is 33.4 Å². The number of thiophene rings is 2. The molecule has 10 aromatic carbocycles. The van der Waals surface area contributed by atoms with Crippen molar-refractivity contribution in [2.45, 2.75) is 0 Å². The Labute approximate surface area is 319 Å². The van der Waals surface area contributed by atoms with Crippen LogP contribution in [-0.2, 0) is 0 Å². The highest BCUT2D eigenvalue weighted by Gasteiger charge is 2.18. The lowest BCUT2D eigenvalue weighted by Gasteiger charge is -2.18. The predicted octanol–water partition coefficient (Wildman–Crippen LogP) is 16.0. The summed E-state index contributed by atoms with van der Waals surface area (Å²) < 4.78 is 5.43. The minimum absolute atomic E-state index is 1.23. The quantitative estimate of drug-likeness (QED) is 0.160. The van der Waals surface area contributed by atoms with E-state index in [-0.39, 0.29) is 0 Å². The lowest BCUT2D eigenvalue weighted by molar-refractivity contribution is 1.63. The molecule has 0 bridgehead atoms. The number of fused-ring (bicyclic) bond motifs is 12. The summed E-state index contributed by atoms with van der Waals surface area (Å²) in [6.45, 7) is 0. The monoisotopic (exact) mass is 718 g/mol. The molecule has 0 atom stereocenters. The molecule has 2 aromatic heterocycles. The van der Waals surface area contributed by atoms with Gasteiger partial charge in [0.05, 0.1) is 0 Å². The van der Waals surface area contributed by atoms with Crippen LogP contribution in [-0.4, -0.2) is 0 Å². The van der Waals surface area contributed by atoms with Crippen LogP contribution in [0.4, 0.5) is 0 Å². The van der Waals surface area contributed by atoms with Gasteiger partial charge < -0.3 is 0 Å². The third kappa shape index (κ3) is 4.42. The molecule has 0 aliphatic heterocycles. The number of benzene rings is 10. The van der Waals surface area contributed by atoms with Crippen LogP contribution < -0.4 is 0 Å². The van der Waals surface area contributed by atoms with Crippen LogP contribution in [0, 0.1) is 0 Å². The number of rotatable bonds is 3. The van der Waals surface area contributed by atoms with E-state index in [0.717, 1.165) is 0 Å². The van der Waals surface area contributed by atoms with E-state index in [9.17, 15) is 0 Å². The molecule has 0 saturated heterocycles. The summed E-state index contributed by atoms with van der Waals surface area (Å²) in [6.07, 6.45) is 0. The fraction of sp³-hybridized carbons (Fsp3) is 0. The van der Waals surface area contributed by atoms with Gasteiger partial charge in [0.2, 0.25) is 0 Å². The van der Waals surface area contributed by atoms with Gasteiger partial charge in [0.25, 0.3) is 0 Å². The van der Waals surface area contributed by atoms with Gasteiger partial charge in [-0.05, 0) is 101 Å². The molecule has 0 fully saturated rings. The highest BCUT2D eigenvalue weighted by atomic mass is 32.1. The maximum absolute atomic E-state index is 2.41. The van der Waals surface area contributed by atoms with E-state index < -0.39 is 0 Å². The lowest BCUT2D eigenvalue weighted by atomic mass is 9.85. The van der Waals surface area contributed by atoms with Crippen molar-refractivity contribution in [3.63, 3.8) is 0 Å². The van der Waals surface area contributed by atoms with Gasteiger partial charge >= 0.3 is 0 Å². The Morgan fingerprint density at radius 2 is 0.796 bits per heavy atom. The summed E-state index contributed by atoms with van der Waals surface area (Å²) in [5, 5.41) is 15.8. The molecule has 0 radical (unpaired) electrons. The molecule has 12 aromatic rings. The fourth-order valence-electron chi connectivity index (χ4n) is 8.96. The Morgan fingerprint density at radius 3 is 1.56 bits per heavy atom. The van der Waals surface area contributed by atoms with Crippen molar-refractivity contribution in [1.29, 1.82) is 0 Å². The molecule has 0 saturated carbocycles. The molecule has 2 heteroatoms. The van der Waals surface area contributed by atoms with Crippen molar-refractivity contribution < 1.29 is 0 Å². The second kappa shape index (κ2) is 11.6. The molecule has 54 heavy (non-hydrogen) atoms. The fourth-order valence-corrected chi connectivity index (χ4v) is 11.3. The Hall–Kier alpha value is -6.32. The first kappa shape index (κ1) is 30.2. The van der Waals surface area contributed by atoms with Gasteiger partial charge in [0, 0.05) is 45.7 Å². The molecule has 0 aliphatic carbocycles. The zero-order valence-electron chi connectivity index (χ0n) is 29.1. The van der Waals surface area contributed by atoms with E-state index in [1.165, 1.54) is 117 Å². The van der Waals surface area contributed by atoms with Crippen LogP contribution >= 0.6 is 22.7 Å². The van der Waals surface area contributed by atoms with Crippen LogP contribution in [0.25, 0.3) is 117 Å². The van der Waals surface area contributed by atoms with Crippen LogP contribution in [0.5, 0.6) is 0 Å². The predicted molar refractivity (Wildman–Crippen MR) is 239 cm³/mol. The normalized spacial score (nSPS) is 12.1. The van der Waals surface area contributed by atoms with Crippen LogP contribution in [0.1, 0.15) is 0 Å². The van der Waals surface area contributed by atoms with E-state index in [1.54, 1.807) is 0 Å². The maximum atomic E-state index is 2.41. The molecular weight excluding hydrogens is 689 g/mol. The molecule has 250 valence electrons. The van der Waals surface area contributed by atoms with Crippen molar-refractivity contribution in [1.82, 2.24) is 0 Å². The molecule has 0 spiro atoms. The zero-order chi connectivity index (χ0) is 35.3. The van der Waals surface area contributed by atoms with Gasteiger partial charge in [-0.2, -0.15) is 0 Å². The summed E-state index contributed by atoms with van der Waals surface area (Å²) in [6, 6.07) is 67.8. The van der Waals surface area contributed by atoms with Crippen LogP contribution in [0.2, 0.25) is 0 Å². The maximum Gasteiger partial charge on any atom is 0.0440 e. The average Bonchev–Trinajstić information content (AvgIpc) is 3.81. The van der Waals surface area contributed by atoms with E-state index in [1.807, 2.05) is 22.7 Å². The first-order valence-corrected chi connectivity index (χ1v) is 20.1. The molecule has 0 aliphatic rings. The standard InChI is InChI=1S/C52H30S2/c1-2-10-35-29-37(22-19-31(35)9-1)49-40-13-5-3-11-38(40)48(39-12-4-6-14-41(39)49)33-20-17-32(18-21-33)36-25-27-46-44(30-36)42-26-23-34-24-28-47-51(50(34)52(42)54-46)43-15-7-8-16-45(43)53-47/h1-30H. The van der Waals surface area contributed by atoms with Gasteiger partial charge in [0.15, 0.2) is 0 Å². The minimum atomic E-state index is 1.23. The second-order valence-electron chi connectivity index (χ2n) is 14.4. The Balaban J connectivity index is 1.00. The van der Waals surface area contributed by atoms with E-state index in [2.05, 4.69) is 182 Å². The summed E-state index contributed by atoms with van der Waals surface area (Å²) in [7, 11) is 0. The van der Waals surface area contributed by atoms with Crippen molar-refractivity contribution in [3.05, 3.63) is 182 Å². The van der Waals surface area contributed by atoms with Gasteiger partial charge in [0.1, 0.15) is 0 Å². The first-order chi connectivity index (χ1) is 26.8. The second-order valence-corrected chi connectivity index (χ2v) is 16.5. The van der Waals surface area contributed by atoms with Crippen molar-refractivity contribution in [2.24, 2.45) is 0 Å². The molecular formula is C52H30S2. The molecule has 2 heterocycles. The molecule has 0 unspecified atom stereocenters. The summed E-state index contributed by atoms with van der Waals surface area (Å²) in [4.78, 5) is 0. The average molecular weight is 719 g/mol. The van der Waals surface area contributed by atoms with Gasteiger partial charge in [-0.25, -0.2) is 0 Å². The van der Waals surface area contributed by atoms with Crippen LogP contribution in [0.3, 0.4) is 0 Å². The molecule has 0 nitrogen and oxygen atoms in total. The topological polar surface area (TPSA) is 0 Å². The van der Waals surface area contributed by atoms with E-state index >= 15 is 0 Å². The van der Waals surface area contributed by atoms with Crippen molar-refractivity contribution >= 4 is 106 Å². The van der Waals surface area contributed by atoms with Crippen LogP contribution in [0.15, 0.2) is 182 Å². The number of hydrogen-bond acceptors (Lipinski definition) is 2. The summed E-state index contributed by atoms with van der Waals surface area (Å²) in [5.74, 6) is 0. The highest BCUT2D eigenvalue weighted by Crippen LogP contribution is 2.47. The van der Waals surface area contributed by atoms with Gasteiger partial charge in [-0.3, -0.25) is 0 Å². The van der Waals surface area contributed by atoms with E-state index in [0.29, 0.717) is 0 Å². The van der Waals surface area contributed by atoms with Gasteiger partial charge in [-0.1, -0.05) is 152 Å². The molecule has 12 rings (SSSR count). The first-order valence-electron chi connectivity index (χ1n) is 18.5. The summed E-state index contributed by atoms with van der Waals surface area (Å²) >= 11 is 3.82. The SMILES string of the molecule is c1ccc2cc(-c3c4ccccc4c(-c4ccc(-c5ccc6sc7c(ccc8ccc9sc%10ccccc%10c9c87)c6c5)cc4)c4ccccc34)ccc2c1. The smallest absolute Gasteiger partial charge is 0.0440 e. The minimum Gasteiger partial charge on any atom is -0.135 e. The molecule has 0 N–H and O–H groups in total. The lowest BCUT2D eigenvalue weighted by Crippen LogP contribution is -1.91. The third-order valence-corrected chi connectivity index (χ3v) is 13.8.